The lowest BCUT2D eigenvalue weighted by molar-refractivity contribution is 0.0684. The van der Waals surface area contributed by atoms with E-state index in [1.54, 1.807) is 0 Å². The van der Waals surface area contributed by atoms with Gasteiger partial charge in [-0.25, -0.2) is 4.79 Å². The van der Waals surface area contributed by atoms with Gasteiger partial charge in [0.25, 0.3) is 5.56 Å². The van der Waals surface area contributed by atoms with Crippen molar-refractivity contribution in [1.29, 1.82) is 0 Å². The Hall–Kier alpha value is -2.36. The molecule has 86 valence electrons. The molecule has 0 aliphatic rings. The summed E-state index contributed by atoms with van der Waals surface area (Å²) in [7, 11) is 0. The summed E-state index contributed by atoms with van der Waals surface area (Å²) < 4.78 is 1.25. The molecule has 2 aromatic rings. The summed E-state index contributed by atoms with van der Waals surface area (Å²) in [5.41, 5.74) is 0.582. The number of carboxylic acids is 1. The summed E-state index contributed by atoms with van der Waals surface area (Å²) >= 11 is 0. The third kappa shape index (κ3) is 2.42. The molecule has 0 amide bonds. The minimum absolute atomic E-state index is 0.00125. The highest BCUT2D eigenvalue weighted by molar-refractivity contribution is 5.85. The van der Waals surface area contributed by atoms with E-state index in [9.17, 15) is 9.59 Å². The van der Waals surface area contributed by atoms with E-state index in [4.69, 9.17) is 5.11 Å². The highest BCUT2D eigenvalue weighted by Crippen LogP contribution is 2.04. The van der Waals surface area contributed by atoms with Crippen molar-refractivity contribution in [2.75, 3.05) is 0 Å². The predicted molar refractivity (Wildman–Crippen MR) is 63.2 cm³/mol. The van der Waals surface area contributed by atoms with E-state index < -0.39 is 5.97 Å². The van der Waals surface area contributed by atoms with E-state index in [1.165, 1.54) is 22.8 Å². The molecule has 0 aliphatic carbocycles. The topological polar surface area (TPSA) is 59.3 Å². The van der Waals surface area contributed by atoms with Crippen LogP contribution in [-0.4, -0.2) is 15.6 Å². The third-order valence-electron chi connectivity index (χ3n) is 2.45. The molecule has 1 N–H and O–H groups in total. The SMILES string of the molecule is O=C(O)c1cccc(=O)n1Cc1ccccc1. The third-order valence-corrected chi connectivity index (χ3v) is 2.45. The van der Waals surface area contributed by atoms with Crippen molar-refractivity contribution in [3.63, 3.8) is 0 Å². The van der Waals surface area contributed by atoms with Crippen molar-refractivity contribution >= 4 is 5.97 Å². The van der Waals surface area contributed by atoms with E-state index in [0.29, 0.717) is 0 Å². The first kappa shape index (κ1) is 11.1. The van der Waals surface area contributed by atoms with Gasteiger partial charge in [-0.15, -0.1) is 0 Å². The number of benzene rings is 1. The minimum atomic E-state index is -1.10. The molecule has 0 unspecified atom stereocenters. The van der Waals surface area contributed by atoms with Gasteiger partial charge in [0.1, 0.15) is 5.69 Å². The van der Waals surface area contributed by atoms with Crippen molar-refractivity contribution in [1.82, 2.24) is 4.57 Å². The molecule has 1 aromatic carbocycles. The van der Waals surface area contributed by atoms with Crippen LogP contribution < -0.4 is 5.56 Å². The van der Waals surface area contributed by atoms with Crippen LogP contribution in [0.3, 0.4) is 0 Å². The number of hydrogen-bond acceptors (Lipinski definition) is 2. The number of aromatic nitrogens is 1. The fourth-order valence-electron chi connectivity index (χ4n) is 1.64. The Morgan fingerprint density at radius 1 is 1.06 bits per heavy atom. The number of hydrogen-bond donors (Lipinski definition) is 1. The van der Waals surface area contributed by atoms with E-state index in [-0.39, 0.29) is 17.8 Å². The molecule has 0 fully saturated rings. The lowest BCUT2D eigenvalue weighted by Crippen LogP contribution is -2.25. The first-order valence-corrected chi connectivity index (χ1v) is 5.15. The molecule has 0 aliphatic heterocycles. The summed E-state index contributed by atoms with van der Waals surface area (Å²) in [6.45, 7) is 0.266. The maximum Gasteiger partial charge on any atom is 0.352 e. The van der Waals surface area contributed by atoms with Crippen LogP contribution in [-0.2, 0) is 6.54 Å². The summed E-state index contributed by atoms with van der Waals surface area (Å²) in [5, 5.41) is 9.01. The van der Waals surface area contributed by atoms with Crippen LogP contribution in [0.4, 0.5) is 0 Å². The van der Waals surface area contributed by atoms with Crippen molar-refractivity contribution in [3.05, 3.63) is 70.1 Å². The first-order valence-electron chi connectivity index (χ1n) is 5.15. The van der Waals surface area contributed by atoms with Gasteiger partial charge >= 0.3 is 5.97 Å². The Bertz CT molecular complexity index is 587. The molecule has 0 radical (unpaired) electrons. The zero-order chi connectivity index (χ0) is 12.3. The van der Waals surface area contributed by atoms with Gasteiger partial charge in [0, 0.05) is 6.07 Å². The second-order valence-corrected chi connectivity index (χ2v) is 3.63. The Balaban J connectivity index is 2.45. The molecular weight excluding hydrogens is 218 g/mol. The number of rotatable bonds is 3. The lowest BCUT2D eigenvalue weighted by atomic mass is 10.2. The number of carboxylic acid groups (broad SMARTS) is 1. The van der Waals surface area contributed by atoms with Gasteiger partial charge in [0.15, 0.2) is 0 Å². The fourth-order valence-corrected chi connectivity index (χ4v) is 1.64. The van der Waals surface area contributed by atoms with Gasteiger partial charge in [0.2, 0.25) is 0 Å². The van der Waals surface area contributed by atoms with Crippen LogP contribution in [0.1, 0.15) is 16.1 Å². The molecule has 1 aromatic heterocycles. The first-order chi connectivity index (χ1) is 8.18. The summed E-state index contributed by atoms with van der Waals surface area (Å²) in [6, 6.07) is 13.5. The van der Waals surface area contributed by atoms with Gasteiger partial charge < -0.3 is 5.11 Å². The molecule has 1 heterocycles. The second-order valence-electron chi connectivity index (χ2n) is 3.63. The van der Waals surface area contributed by atoms with Crippen molar-refractivity contribution in [2.45, 2.75) is 6.54 Å². The lowest BCUT2D eigenvalue weighted by Gasteiger charge is -2.09. The number of carbonyl (C=O) groups is 1. The average molecular weight is 229 g/mol. The maximum atomic E-state index is 11.6. The van der Waals surface area contributed by atoms with E-state index >= 15 is 0 Å². The standard InChI is InChI=1S/C13H11NO3/c15-12-8-4-7-11(13(16)17)14(12)9-10-5-2-1-3-6-10/h1-8H,9H2,(H,16,17). The van der Waals surface area contributed by atoms with Crippen LogP contribution in [0.2, 0.25) is 0 Å². The summed E-state index contributed by atoms with van der Waals surface area (Å²) in [5.74, 6) is -1.10. The molecule has 0 saturated heterocycles. The highest BCUT2D eigenvalue weighted by Gasteiger charge is 2.10. The molecule has 4 heteroatoms. The molecule has 0 spiro atoms. The van der Waals surface area contributed by atoms with Gasteiger partial charge in [-0.1, -0.05) is 36.4 Å². The monoisotopic (exact) mass is 229 g/mol. The molecule has 4 nitrogen and oxygen atoms in total. The van der Waals surface area contributed by atoms with Gasteiger partial charge in [0.05, 0.1) is 6.54 Å². The van der Waals surface area contributed by atoms with Crippen molar-refractivity contribution in [3.8, 4) is 0 Å². The molecular formula is C13H11NO3. The number of nitrogens with zero attached hydrogens (tertiary/aromatic N) is 1. The average Bonchev–Trinajstić information content (AvgIpc) is 2.33. The Labute approximate surface area is 97.8 Å². The molecule has 0 bridgehead atoms. The summed E-state index contributed by atoms with van der Waals surface area (Å²) in [6.07, 6.45) is 0. The Kier molecular flexibility index (Phi) is 3.05. The fraction of sp³-hybridized carbons (Fsp3) is 0.0769. The predicted octanol–water partition coefficient (Wildman–Crippen LogP) is 1.59. The number of aromatic carboxylic acids is 1. The highest BCUT2D eigenvalue weighted by atomic mass is 16.4. The van der Waals surface area contributed by atoms with E-state index in [2.05, 4.69) is 0 Å². The van der Waals surface area contributed by atoms with Crippen LogP contribution in [0.5, 0.6) is 0 Å². The molecule has 0 saturated carbocycles. The largest absolute Gasteiger partial charge is 0.477 e. The second kappa shape index (κ2) is 4.65. The molecule has 0 atom stereocenters. The van der Waals surface area contributed by atoms with Gasteiger partial charge in [-0.3, -0.25) is 9.36 Å². The number of pyridine rings is 1. The minimum Gasteiger partial charge on any atom is -0.477 e. The van der Waals surface area contributed by atoms with Crippen molar-refractivity contribution < 1.29 is 9.90 Å². The van der Waals surface area contributed by atoms with Crippen LogP contribution in [0.25, 0.3) is 0 Å². The van der Waals surface area contributed by atoms with Crippen LogP contribution >= 0.6 is 0 Å². The smallest absolute Gasteiger partial charge is 0.352 e. The zero-order valence-electron chi connectivity index (χ0n) is 9.04. The zero-order valence-corrected chi connectivity index (χ0v) is 9.04. The van der Waals surface area contributed by atoms with Crippen molar-refractivity contribution in [2.24, 2.45) is 0 Å². The normalized spacial score (nSPS) is 10.1. The summed E-state index contributed by atoms with van der Waals surface area (Å²) in [4.78, 5) is 22.7. The maximum absolute atomic E-state index is 11.6. The quantitative estimate of drug-likeness (QED) is 0.869. The molecule has 2 rings (SSSR count). The van der Waals surface area contributed by atoms with Gasteiger partial charge in [-0.05, 0) is 11.6 Å². The van der Waals surface area contributed by atoms with E-state index in [1.807, 2.05) is 30.3 Å². The van der Waals surface area contributed by atoms with Crippen LogP contribution in [0, 0.1) is 0 Å². The Morgan fingerprint density at radius 3 is 2.41 bits per heavy atom. The van der Waals surface area contributed by atoms with E-state index in [0.717, 1.165) is 5.56 Å². The van der Waals surface area contributed by atoms with Crippen LogP contribution in [0.15, 0.2) is 53.3 Å². The van der Waals surface area contributed by atoms with Gasteiger partial charge in [-0.2, -0.15) is 0 Å². The Morgan fingerprint density at radius 2 is 1.76 bits per heavy atom. The molecule has 17 heavy (non-hydrogen) atoms.